The monoisotopic (exact) mass is 387 g/mol. The summed E-state index contributed by atoms with van der Waals surface area (Å²) in [5.41, 5.74) is 4.60. The number of anilines is 3. The highest BCUT2D eigenvalue weighted by Gasteiger charge is 2.19. The van der Waals surface area contributed by atoms with E-state index in [0.717, 1.165) is 25.1 Å². The van der Waals surface area contributed by atoms with Crippen LogP contribution in [0.5, 0.6) is 0 Å². The lowest BCUT2D eigenvalue weighted by atomic mass is 10.0. The summed E-state index contributed by atoms with van der Waals surface area (Å²) in [5, 5.41) is 2.80. The summed E-state index contributed by atoms with van der Waals surface area (Å²) < 4.78 is 4.72. The van der Waals surface area contributed by atoms with E-state index < -0.39 is 5.97 Å². The molecule has 29 heavy (non-hydrogen) atoms. The molecule has 4 rings (SSSR count). The Hall–Kier alpha value is -3.67. The van der Waals surface area contributed by atoms with Gasteiger partial charge in [0.2, 0.25) is 0 Å². The summed E-state index contributed by atoms with van der Waals surface area (Å²) >= 11 is 0. The van der Waals surface area contributed by atoms with Gasteiger partial charge in [0.1, 0.15) is 5.69 Å². The van der Waals surface area contributed by atoms with Crippen LogP contribution in [-0.4, -0.2) is 30.5 Å². The van der Waals surface area contributed by atoms with Crippen LogP contribution in [0.25, 0.3) is 0 Å². The number of aromatic nitrogens is 1. The van der Waals surface area contributed by atoms with Crippen molar-refractivity contribution in [3.05, 3.63) is 83.7 Å². The molecule has 2 heterocycles. The highest BCUT2D eigenvalue weighted by molar-refractivity contribution is 6.04. The summed E-state index contributed by atoms with van der Waals surface area (Å²) in [6, 6.07) is 18.7. The minimum absolute atomic E-state index is 0.314. The number of carbonyl (C=O) groups is 2. The molecule has 1 amide bonds. The number of aryl methyl sites for hydroxylation is 1. The van der Waals surface area contributed by atoms with Crippen LogP contribution in [0, 0.1) is 0 Å². The van der Waals surface area contributed by atoms with E-state index >= 15 is 0 Å². The predicted molar refractivity (Wildman–Crippen MR) is 112 cm³/mol. The Balaban J connectivity index is 1.57. The maximum atomic E-state index is 12.7. The van der Waals surface area contributed by atoms with E-state index in [4.69, 9.17) is 4.74 Å². The number of fused-ring (bicyclic) bond motifs is 1. The van der Waals surface area contributed by atoms with Gasteiger partial charge in [0.15, 0.2) is 0 Å². The number of hydrogen-bond donors (Lipinski definition) is 1. The first-order valence-electron chi connectivity index (χ1n) is 9.47. The highest BCUT2D eigenvalue weighted by Crippen LogP contribution is 2.33. The molecule has 1 aliphatic heterocycles. The van der Waals surface area contributed by atoms with Gasteiger partial charge in [-0.25, -0.2) is 4.79 Å². The van der Waals surface area contributed by atoms with Crippen molar-refractivity contribution in [1.29, 1.82) is 0 Å². The second-order valence-electron chi connectivity index (χ2n) is 6.81. The summed E-state index contributed by atoms with van der Waals surface area (Å²) in [4.78, 5) is 30.9. The molecule has 2 aromatic carbocycles. The molecule has 0 fully saturated rings. The number of benzene rings is 2. The number of ether oxygens (including phenoxy) is 1. The summed E-state index contributed by atoms with van der Waals surface area (Å²) in [6.45, 7) is 0.892. The van der Waals surface area contributed by atoms with Crippen LogP contribution in [-0.2, 0) is 11.2 Å². The lowest BCUT2D eigenvalue weighted by molar-refractivity contribution is 0.0600. The third-order valence-electron chi connectivity index (χ3n) is 4.94. The van der Waals surface area contributed by atoms with Crippen LogP contribution in [0.2, 0.25) is 0 Å². The fraction of sp³-hybridized carbons (Fsp3) is 0.174. The highest BCUT2D eigenvalue weighted by atomic mass is 16.5. The largest absolute Gasteiger partial charge is 0.465 e. The molecular formula is C23H21N3O3. The Kier molecular flexibility index (Phi) is 5.24. The average molecular weight is 387 g/mol. The smallest absolute Gasteiger partial charge is 0.337 e. The van der Waals surface area contributed by atoms with Crippen molar-refractivity contribution in [2.45, 2.75) is 12.8 Å². The number of para-hydroxylation sites is 1. The molecule has 6 heteroatoms. The van der Waals surface area contributed by atoms with Crippen LogP contribution in [0.15, 0.2) is 66.9 Å². The number of esters is 1. The zero-order chi connectivity index (χ0) is 20.2. The van der Waals surface area contributed by atoms with Crippen molar-refractivity contribution in [1.82, 2.24) is 4.98 Å². The topological polar surface area (TPSA) is 71.5 Å². The Bertz CT molecular complexity index is 1060. The van der Waals surface area contributed by atoms with E-state index in [1.807, 2.05) is 12.1 Å². The van der Waals surface area contributed by atoms with Crippen molar-refractivity contribution in [3.8, 4) is 0 Å². The van der Waals surface area contributed by atoms with Crippen molar-refractivity contribution >= 4 is 28.9 Å². The van der Waals surface area contributed by atoms with Crippen molar-refractivity contribution in [2.75, 3.05) is 23.9 Å². The normalized spacial score (nSPS) is 12.8. The van der Waals surface area contributed by atoms with Gasteiger partial charge in [0.25, 0.3) is 5.91 Å². The van der Waals surface area contributed by atoms with Gasteiger partial charge in [0, 0.05) is 29.8 Å². The molecule has 0 saturated carbocycles. The third kappa shape index (κ3) is 3.96. The first-order valence-corrected chi connectivity index (χ1v) is 9.47. The molecule has 1 aliphatic rings. The van der Waals surface area contributed by atoms with E-state index in [2.05, 4.69) is 33.4 Å². The molecule has 0 unspecified atom stereocenters. The zero-order valence-electron chi connectivity index (χ0n) is 16.1. The minimum Gasteiger partial charge on any atom is -0.465 e. The quantitative estimate of drug-likeness (QED) is 0.679. The van der Waals surface area contributed by atoms with Gasteiger partial charge < -0.3 is 15.0 Å². The van der Waals surface area contributed by atoms with Crippen LogP contribution in [0.3, 0.4) is 0 Å². The van der Waals surface area contributed by atoms with Crippen LogP contribution in [0.1, 0.15) is 32.8 Å². The van der Waals surface area contributed by atoms with Crippen LogP contribution in [0.4, 0.5) is 17.1 Å². The van der Waals surface area contributed by atoms with E-state index in [9.17, 15) is 9.59 Å². The van der Waals surface area contributed by atoms with Gasteiger partial charge in [-0.3, -0.25) is 9.78 Å². The molecule has 0 atom stereocenters. The molecule has 0 radical (unpaired) electrons. The maximum absolute atomic E-state index is 12.7. The SMILES string of the molecule is COC(=O)c1cccc(NC(=O)c2cc(N3CCCc4ccccc43)ccn2)c1. The number of pyridine rings is 1. The second kappa shape index (κ2) is 8.14. The molecule has 3 aromatic rings. The van der Waals surface area contributed by atoms with Gasteiger partial charge in [-0.05, 0) is 54.8 Å². The Labute approximate surface area is 169 Å². The molecule has 0 aliphatic carbocycles. The van der Waals surface area contributed by atoms with Crippen LogP contribution < -0.4 is 10.2 Å². The fourth-order valence-electron chi connectivity index (χ4n) is 3.55. The predicted octanol–water partition coefficient (Wildman–Crippen LogP) is 4.20. The maximum Gasteiger partial charge on any atom is 0.337 e. The van der Waals surface area contributed by atoms with Gasteiger partial charge >= 0.3 is 5.97 Å². The van der Waals surface area contributed by atoms with Crippen LogP contribution >= 0.6 is 0 Å². The van der Waals surface area contributed by atoms with E-state index in [1.54, 1.807) is 36.5 Å². The summed E-state index contributed by atoms with van der Waals surface area (Å²) in [7, 11) is 1.32. The minimum atomic E-state index is -0.454. The summed E-state index contributed by atoms with van der Waals surface area (Å²) in [6.07, 6.45) is 3.76. The molecule has 0 saturated heterocycles. The van der Waals surface area contributed by atoms with Gasteiger partial charge in [-0.1, -0.05) is 24.3 Å². The lowest BCUT2D eigenvalue weighted by Crippen LogP contribution is -2.25. The Morgan fingerprint density at radius 1 is 1.07 bits per heavy atom. The molecule has 0 spiro atoms. The fourth-order valence-corrected chi connectivity index (χ4v) is 3.55. The molecule has 1 aromatic heterocycles. The Morgan fingerprint density at radius 3 is 2.79 bits per heavy atom. The lowest BCUT2D eigenvalue weighted by Gasteiger charge is -2.31. The summed E-state index contributed by atoms with van der Waals surface area (Å²) in [5.74, 6) is -0.788. The first-order chi connectivity index (χ1) is 14.2. The Morgan fingerprint density at radius 2 is 1.93 bits per heavy atom. The molecule has 0 bridgehead atoms. The number of nitrogens with one attached hydrogen (secondary N) is 1. The number of nitrogens with zero attached hydrogens (tertiary/aromatic N) is 2. The average Bonchev–Trinajstić information content (AvgIpc) is 2.78. The van der Waals surface area contributed by atoms with E-state index in [-0.39, 0.29) is 5.91 Å². The number of hydrogen-bond acceptors (Lipinski definition) is 5. The van der Waals surface area contributed by atoms with E-state index in [1.165, 1.54) is 18.4 Å². The van der Waals surface area contributed by atoms with E-state index in [0.29, 0.717) is 16.9 Å². The number of amides is 1. The number of carbonyl (C=O) groups excluding carboxylic acids is 2. The number of methoxy groups -OCH3 is 1. The van der Waals surface area contributed by atoms with Gasteiger partial charge in [-0.2, -0.15) is 0 Å². The molecular weight excluding hydrogens is 366 g/mol. The first kappa shape index (κ1) is 18.7. The van der Waals surface area contributed by atoms with Gasteiger partial charge in [-0.15, -0.1) is 0 Å². The third-order valence-corrected chi connectivity index (χ3v) is 4.94. The number of rotatable bonds is 4. The standard InChI is InChI=1S/C23H21N3O3/c1-29-23(28)17-7-4-9-18(14-17)25-22(27)20-15-19(11-12-24-20)26-13-5-8-16-6-2-3-10-21(16)26/h2-4,6-7,9-12,14-15H,5,8,13H2,1H3,(H,25,27). The molecule has 6 nitrogen and oxygen atoms in total. The van der Waals surface area contributed by atoms with Crippen molar-refractivity contribution in [3.63, 3.8) is 0 Å². The van der Waals surface area contributed by atoms with Crippen molar-refractivity contribution < 1.29 is 14.3 Å². The zero-order valence-corrected chi connectivity index (χ0v) is 16.1. The van der Waals surface area contributed by atoms with Crippen molar-refractivity contribution in [2.24, 2.45) is 0 Å². The molecule has 1 N–H and O–H groups in total. The second-order valence-corrected chi connectivity index (χ2v) is 6.81. The molecule has 146 valence electrons. The van der Waals surface area contributed by atoms with Gasteiger partial charge in [0.05, 0.1) is 12.7 Å².